The van der Waals surface area contributed by atoms with Crippen molar-refractivity contribution in [1.82, 2.24) is 14.8 Å². The van der Waals surface area contributed by atoms with Gasteiger partial charge in [-0.3, -0.25) is 14.8 Å². The first-order chi connectivity index (χ1) is 10.8. The standard InChI is InChI=1S/C18H23N3O/c22-18(17-6-2-1-3-7-17)15-21-11-9-20(10-12-21)14-16-5-4-8-19-13-16/h1-8,13,18,22H,9-12,14-15H2/t18-/m1/s1. The summed E-state index contributed by atoms with van der Waals surface area (Å²) in [5.74, 6) is 0. The molecule has 2 aromatic rings. The van der Waals surface area contributed by atoms with Gasteiger partial charge in [0.05, 0.1) is 6.10 Å². The third-order valence-electron chi connectivity index (χ3n) is 4.21. The second kappa shape index (κ2) is 7.49. The molecule has 1 aromatic heterocycles. The molecule has 0 amide bonds. The van der Waals surface area contributed by atoms with Crippen molar-refractivity contribution in [3.05, 3.63) is 66.0 Å². The van der Waals surface area contributed by atoms with Gasteiger partial charge in [-0.1, -0.05) is 36.4 Å². The molecule has 1 aliphatic rings. The largest absolute Gasteiger partial charge is 0.387 e. The fourth-order valence-corrected chi connectivity index (χ4v) is 2.90. The van der Waals surface area contributed by atoms with Crippen LogP contribution in [0.15, 0.2) is 54.9 Å². The molecule has 1 saturated heterocycles. The van der Waals surface area contributed by atoms with Crippen molar-refractivity contribution in [3.63, 3.8) is 0 Å². The number of hydrogen-bond acceptors (Lipinski definition) is 4. The maximum absolute atomic E-state index is 10.3. The van der Waals surface area contributed by atoms with E-state index in [1.807, 2.05) is 48.8 Å². The molecule has 1 aliphatic heterocycles. The lowest BCUT2D eigenvalue weighted by Gasteiger charge is -2.35. The van der Waals surface area contributed by atoms with Gasteiger partial charge < -0.3 is 5.11 Å². The summed E-state index contributed by atoms with van der Waals surface area (Å²) in [5.41, 5.74) is 2.26. The smallest absolute Gasteiger partial charge is 0.0916 e. The highest BCUT2D eigenvalue weighted by atomic mass is 16.3. The first-order valence-electron chi connectivity index (χ1n) is 7.88. The summed E-state index contributed by atoms with van der Waals surface area (Å²) in [7, 11) is 0. The molecular formula is C18H23N3O. The Kier molecular flexibility index (Phi) is 5.16. The molecule has 0 aliphatic carbocycles. The fraction of sp³-hybridized carbons (Fsp3) is 0.389. The minimum Gasteiger partial charge on any atom is -0.387 e. The molecule has 0 spiro atoms. The number of benzene rings is 1. The number of pyridine rings is 1. The summed E-state index contributed by atoms with van der Waals surface area (Å²) in [6.07, 6.45) is 3.35. The number of piperazine rings is 1. The molecule has 0 saturated carbocycles. The maximum Gasteiger partial charge on any atom is 0.0916 e. The topological polar surface area (TPSA) is 39.6 Å². The Morgan fingerprint density at radius 2 is 1.68 bits per heavy atom. The van der Waals surface area contributed by atoms with Crippen molar-refractivity contribution in [1.29, 1.82) is 0 Å². The van der Waals surface area contributed by atoms with Gasteiger partial charge in [-0.25, -0.2) is 0 Å². The minimum atomic E-state index is -0.397. The van der Waals surface area contributed by atoms with Crippen LogP contribution in [0.25, 0.3) is 0 Å². The average molecular weight is 297 g/mol. The van der Waals surface area contributed by atoms with Crippen LogP contribution in [0.3, 0.4) is 0 Å². The zero-order chi connectivity index (χ0) is 15.2. The first-order valence-corrected chi connectivity index (χ1v) is 7.88. The summed E-state index contributed by atoms with van der Waals surface area (Å²) in [6.45, 7) is 5.76. The number of aliphatic hydroxyl groups is 1. The summed E-state index contributed by atoms with van der Waals surface area (Å²) < 4.78 is 0. The van der Waals surface area contributed by atoms with Gasteiger partial charge in [0.25, 0.3) is 0 Å². The van der Waals surface area contributed by atoms with E-state index >= 15 is 0 Å². The molecule has 116 valence electrons. The normalized spacial score (nSPS) is 18.2. The predicted octanol–water partition coefficient (Wildman–Crippen LogP) is 1.93. The van der Waals surface area contributed by atoms with Gasteiger partial charge >= 0.3 is 0 Å². The molecule has 0 bridgehead atoms. The van der Waals surface area contributed by atoms with Crippen molar-refractivity contribution in [2.75, 3.05) is 32.7 Å². The van der Waals surface area contributed by atoms with E-state index in [1.165, 1.54) is 5.56 Å². The zero-order valence-corrected chi connectivity index (χ0v) is 12.8. The molecule has 4 heteroatoms. The Hall–Kier alpha value is -1.75. The predicted molar refractivity (Wildman–Crippen MR) is 87.4 cm³/mol. The van der Waals surface area contributed by atoms with Gasteiger partial charge in [0.1, 0.15) is 0 Å². The molecule has 1 N–H and O–H groups in total. The van der Waals surface area contributed by atoms with Gasteiger partial charge in [0, 0.05) is 51.7 Å². The van der Waals surface area contributed by atoms with Crippen molar-refractivity contribution in [3.8, 4) is 0 Å². The first kappa shape index (κ1) is 15.2. The molecule has 4 nitrogen and oxygen atoms in total. The van der Waals surface area contributed by atoms with E-state index in [4.69, 9.17) is 0 Å². The van der Waals surface area contributed by atoms with E-state index in [2.05, 4.69) is 20.9 Å². The van der Waals surface area contributed by atoms with Crippen LogP contribution in [0.2, 0.25) is 0 Å². The molecule has 22 heavy (non-hydrogen) atoms. The van der Waals surface area contributed by atoms with E-state index in [0.29, 0.717) is 6.54 Å². The number of hydrogen-bond donors (Lipinski definition) is 1. The monoisotopic (exact) mass is 297 g/mol. The minimum absolute atomic E-state index is 0.397. The Morgan fingerprint density at radius 3 is 2.36 bits per heavy atom. The quantitative estimate of drug-likeness (QED) is 0.915. The summed E-state index contributed by atoms with van der Waals surface area (Å²) in [4.78, 5) is 8.96. The van der Waals surface area contributed by atoms with Gasteiger partial charge in [-0.15, -0.1) is 0 Å². The average Bonchev–Trinajstić information content (AvgIpc) is 2.58. The molecule has 0 radical (unpaired) electrons. The zero-order valence-electron chi connectivity index (χ0n) is 12.8. The number of aromatic nitrogens is 1. The van der Waals surface area contributed by atoms with Gasteiger partial charge in [-0.2, -0.15) is 0 Å². The highest BCUT2D eigenvalue weighted by Crippen LogP contribution is 2.15. The van der Waals surface area contributed by atoms with Crippen LogP contribution in [0.1, 0.15) is 17.2 Å². The summed E-state index contributed by atoms with van der Waals surface area (Å²) in [5, 5.41) is 10.3. The van der Waals surface area contributed by atoms with Crippen molar-refractivity contribution >= 4 is 0 Å². The fourth-order valence-electron chi connectivity index (χ4n) is 2.90. The molecule has 2 heterocycles. The van der Waals surface area contributed by atoms with Crippen LogP contribution in [-0.4, -0.2) is 52.6 Å². The lowest BCUT2D eigenvalue weighted by molar-refractivity contribution is 0.0701. The third-order valence-corrected chi connectivity index (χ3v) is 4.21. The molecular weight excluding hydrogens is 274 g/mol. The van der Waals surface area contributed by atoms with E-state index in [9.17, 15) is 5.11 Å². The van der Waals surface area contributed by atoms with Crippen LogP contribution in [-0.2, 0) is 6.54 Å². The number of β-amino-alcohol motifs (C(OH)–C–C–N with tert-alkyl or cyclic N) is 1. The van der Waals surface area contributed by atoms with Gasteiger partial charge in [0.15, 0.2) is 0 Å². The maximum atomic E-state index is 10.3. The SMILES string of the molecule is O[C@H](CN1CCN(Cc2cccnc2)CC1)c1ccccc1. The third kappa shape index (κ3) is 4.13. The van der Waals surface area contributed by atoms with Crippen LogP contribution in [0.5, 0.6) is 0 Å². The van der Waals surface area contributed by atoms with E-state index in [1.54, 1.807) is 0 Å². The Bertz CT molecular complexity index is 553. The highest BCUT2D eigenvalue weighted by molar-refractivity contribution is 5.17. The van der Waals surface area contributed by atoms with E-state index < -0.39 is 6.10 Å². The molecule has 1 fully saturated rings. The van der Waals surface area contributed by atoms with Crippen LogP contribution >= 0.6 is 0 Å². The number of nitrogens with zero attached hydrogens (tertiary/aromatic N) is 3. The second-order valence-electron chi connectivity index (χ2n) is 5.86. The van der Waals surface area contributed by atoms with E-state index in [0.717, 1.165) is 38.3 Å². The summed E-state index contributed by atoms with van der Waals surface area (Å²) in [6, 6.07) is 14.0. The number of rotatable bonds is 5. The van der Waals surface area contributed by atoms with Crippen LogP contribution in [0, 0.1) is 0 Å². The van der Waals surface area contributed by atoms with Crippen molar-refractivity contribution in [2.45, 2.75) is 12.6 Å². The second-order valence-corrected chi connectivity index (χ2v) is 5.86. The van der Waals surface area contributed by atoms with Crippen molar-refractivity contribution < 1.29 is 5.11 Å². The van der Waals surface area contributed by atoms with Gasteiger partial charge in [-0.05, 0) is 17.2 Å². The Morgan fingerprint density at radius 1 is 0.955 bits per heavy atom. The lowest BCUT2D eigenvalue weighted by atomic mass is 10.1. The lowest BCUT2D eigenvalue weighted by Crippen LogP contribution is -2.47. The molecule has 1 atom stereocenters. The molecule has 3 rings (SSSR count). The number of aliphatic hydroxyl groups excluding tert-OH is 1. The molecule has 0 unspecified atom stereocenters. The van der Waals surface area contributed by atoms with Crippen molar-refractivity contribution in [2.24, 2.45) is 0 Å². The van der Waals surface area contributed by atoms with Gasteiger partial charge in [0.2, 0.25) is 0 Å². The Balaban J connectivity index is 1.46. The highest BCUT2D eigenvalue weighted by Gasteiger charge is 2.19. The molecule has 1 aromatic carbocycles. The summed E-state index contributed by atoms with van der Waals surface area (Å²) >= 11 is 0. The van der Waals surface area contributed by atoms with Crippen LogP contribution < -0.4 is 0 Å². The Labute approximate surface area is 132 Å². The van der Waals surface area contributed by atoms with E-state index in [-0.39, 0.29) is 0 Å². The van der Waals surface area contributed by atoms with Crippen LogP contribution in [0.4, 0.5) is 0 Å².